The summed E-state index contributed by atoms with van der Waals surface area (Å²) in [6, 6.07) is 15.7. The number of anilines is 3. The summed E-state index contributed by atoms with van der Waals surface area (Å²) in [5.74, 6) is -4.46. The Bertz CT molecular complexity index is 1510. The third kappa shape index (κ3) is 13.2. The molecule has 1 heterocycles. The number of nitrogens with two attached hydrogens (primary N) is 1. The fraction of sp³-hybridized carbons (Fsp3) is 0.333. The van der Waals surface area contributed by atoms with Gasteiger partial charge < -0.3 is 35.2 Å². The van der Waals surface area contributed by atoms with Crippen LogP contribution in [0.5, 0.6) is 11.5 Å². The Kier molecular flexibility index (Phi) is 14.9. The fourth-order valence-corrected chi connectivity index (χ4v) is 3.42. The lowest BCUT2D eigenvalue weighted by Gasteiger charge is -2.26. The number of ether oxygens (including phenoxy) is 2. The Morgan fingerprint density at radius 3 is 1.81 bits per heavy atom. The van der Waals surface area contributed by atoms with Gasteiger partial charge in [0, 0.05) is 37.0 Å². The molecule has 0 aliphatic carbocycles. The van der Waals surface area contributed by atoms with Gasteiger partial charge in [-0.3, -0.25) is 4.79 Å². The van der Waals surface area contributed by atoms with Crippen LogP contribution in [-0.4, -0.2) is 72.2 Å². The van der Waals surface area contributed by atoms with E-state index in [9.17, 15) is 31.1 Å². The van der Waals surface area contributed by atoms with Crippen molar-refractivity contribution < 1.29 is 64.8 Å². The monoisotopic (exact) mass is 694 g/mol. The van der Waals surface area contributed by atoms with Crippen LogP contribution in [0.15, 0.2) is 54.6 Å². The normalized spacial score (nSPS) is 10.9. The van der Waals surface area contributed by atoms with Gasteiger partial charge in [-0.15, -0.1) is 0 Å². The molecule has 0 aliphatic heterocycles. The number of aliphatic carboxylic acids is 2. The van der Waals surface area contributed by atoms with Crippen LogP contribution in [0, 0.1) is 5.82 Å². The molecular weight excluding hydrogens is 661 g/mol. The number of nitrogens with zero attached hydrogens (tertiary/aromatic N) is 3. The molecule has 0 radical (unpaired) electrons. The number of primary amides is 1. The van der Waals surface area contributed by atoms with Crippen molar-refractivity contribution in [2.24, 2.45) is 5.73 Å². The van der Waals surface area contributed by atoms with E-state index in [4.69, 9.17) is 40.0 Å². The van der Waals surface area contributed by atoms with E-state index in [2.05, 4.69) is 0 Å². The van der Waals surface area contributed by atoms with Crippen LogP contribution in [0.1, 0.15) is 36.7 Å². The second kappa shape index (κ2) is 17.6. The molecule has 0 bridgehead atoms. The number of carboxylic acids is 2. The average molecular weight is 695 g/mol. The van der Waals surface area contributed by atoms with Gasteiger partial charge in [0.2, 0.25) is 5.91 Å². The first-order valence-electron chi connectivity index (χ1n) is 13.6. The Balaban J connectivity index is 0.000000687. The predicted octanol–water partition coefficient (Wildman–Crippen LogP) is 6.18. The highest BCUT2D eigenvalue weighted by Gasteiger charge is 2.38. The van der Waals surface area contributed by atoms with Crippen LogP contribution >= 0.6 is 0 Å². The Morgan fingerprint density at radius 1 is 0.896 bits per heavy atom. The van der Waals surface area contributed by atoms with E-state index in [1.807, 2.05) is 62.9 Å². The Labute approximate surface area is 270 Å². The van der Waals surface area contributed by atoms with Crippen molar-refractivity contribution in [3.63, 3.8) is 0 Å². The molecule has 0 unspecified atom stereocenters. The minimum atomic E-state index is -5.08. The highest BCUT2D eigenvalue weighted by molar-refractivity contribution is 5.93. The van der Waals surface area contributed by atoms with Crippen LogP contribution < -0.4 is 25.0 Å². The highest BCUT2D eigenvalue weighted by atomic mass is 19.4. The summed E-state index contributed by atoms with van der Waals surface area (Å²) in [7, 11) is 3.80. The maximum absolute atomic E-state index is 15.5. The lowest BCUT2D eigenvalue weighted by atomic mass is 10.1. The first-order chi connectivity index (χ1) is 22.1. The number of pyridine rings is 1. The topological polar surface area (TPSA) is 156 Å². The molecule has 264 valence electrons. The average Bonchev–Trinajstić information content (AvgIpc) is 2.97. The van der Waals surface area contributed by atoms with E-state index in [1.54, 1.807) is 36.4 Å². The maximum Gasteiger partial charge on any atom is 0.490 e. The van der Waals surface area contributed by atoms with Gasteiger partial charge in [0.15, 0.2) is 11.6 Å². The molecule has 0 spiro atoms. The second-order valence-corrected chi connectivity index (χ2v) is 9.85. The van der Waals surface area contributed by atoms with Crippen molar-refractivity contribution in [1.82, 2.24) is 4.98 Å². The van der Waals surface area contributed by atoms with E-state index in [1.165, 1.54) is 0 Å². The van der Waals surface area contributed by atoms with Crippen molar-refractivity contribution in [2.75, 3.05) is 30.5 Å². The molecular formula is C30H33F7N4O7. The minimum Gasteiger partial charge on any atom is -0.494 e. The number of carboxylic acid groups (broad SMARTS) is 2. The van der Waals surface area contributed by atoms with Crippen LogP contribution in [0.2, 0.25) is 0 Å². The molecule has 0 aliphatic rings. The van der Waals surface area contributed by atoms with Gasteiger partial charge in [-0.25, -0.2) is 19.0 Å². The van der Waals surface area contributed by atoms with Gasteiger partial charge in [-0.05, 0) is 63.2 Å². The minimum absolute atomic E-state index is 0.134. The van der Waals surface area contributed by atoms with E-state index in [0.29, 0.717) is 29.3 Å². The van der Waals surface area contributed by atoms with E-state index >= 15 is 4.39 Å². The first kappa shape index (κ1) is 40.7. The zero-order valence-electron chi connectivity index (χ0n) is 26.2. The molecule has 0 atom stereocenters. The zero-order valence-corrected chi connectivity index (χ0v) is 26.2. The smallest absolute Gasteiger partial charge is 0.490 e. The standard InChI is InChI=1S/C26H31FN4O3.2C2HF3O2/c1-6-33-21-14-19(25(27)22(15-21)34-17(2)3)16-31(20-12-10-18(11-13-20)26(28)32)24-9-7-8-23(29-24)30(4)5;2*3-2(4,5)1(6)7/h7-15,17H,6,16H2,1-5H3,(H2,28,32);2*(H,6,7). The molecule has 2 aromatic carbocycles. The Hall–Kier alpha value is -5.29. The van der Waals surface area contributed by atoms with Gasteiger partial charge in [-0.1, -0.05) is 6.07 Å². The number of amides is 1. The number of carbonyl (C=O) groups excluding carboxylic acids is 1. The number of rotatable bonds is 10. The summed E-state index contributed by atoms with van der Waals surface area (Å²) in [6.45, 7) is 6.15. The maximum atomic E-state index is 15.5. The van der Waals surface area contributed by atoms with Crippen LogP contribution in [0.4, 0.5) is 48.1 Å². The van der Waals surface area contributed by atoms with Gasteiger partial charge >= 0.3 is 24.3 Å². The summed E-state index contributed by atoms with van der Waals surface area (Å²) in [5, 5.41) is 14.2. The zero-order chi connectivity index (χ0) is 37.0. The molecule has 1 aromatic heterocycles. The van der Waals surface area contributed by atoms with E-state index in [-0.39, 0.29) is 18.4 Å². The summed E-state index contributed by atoms with van der Waals surface area (Å²) < 4.78 is 90.4. The molecule has 3 aromatic rings. The van der Waals surface area contributed by atoms with Crippen LogP contribution in [0.3, 0.4) is 0 Å². The van der Waals surface area contributed by atoms with Gasteiger partial charge in [-0.2, -0.15) is 26.3 Å². The number of benzene rings is 2. The number of hydrogen-bond donors (Lipinski definition) is 3. The molecule has 48 heavy (non-hydrogen) atoms. The van der Waals surface area contributed by atoms with Gasteiger partial charge in [0.25, 0.3) is 0 Å². The number of halogens is 7. The van der Waals surface area contributed by atoms with Gasteiger partial charge in [0.1, 0.15) is 17.4 Å². The molecule has 18 heteroatoms. The molecule has 11 nitrogen and oxygen atoms in total. The third-order valence-corrected chi connectivity index (χ3v) is 5.49. The van der Waals surface area contributed by atoms with E-state index < -0.39 is 36.0 Å². The summed E-state index contributed by atoms with van der Waals surface area (Å²) >= 11 is 0. The number of carbonyl (C=O) groups is 3. The molecule has 3 rings (SSSR count). The quantitative estimate of drug-likeness (QED) is 0.210. The molecule has 4 N–H and O–H groups in total. The number of aromatic nitrogens is 1. The van der Waals surface area contributed by atoms with E-state index in [0.717, 1.165) is 11.5 Å². The largest absolute Gasteiger partial charge is 0.494 e. The van der Waals surface area contributed by atoms with Crippen molar-refractivity contribution in [3.8, 4) is 11.5 Å². The SMILES string of the molecule is CCOc1cc(CN(c2ccc(C(N)=O)cc2)c2cccc(N(C)C)n2)c(F)c(OC(C)C)c1.O=C(O)C(F)(F)F.O=C(O)C(F)(F)F. The fourth-order valence-electron chi connectivity index (χ4n) is 3.42. The van der Waals surface area contributed by atoms with Crippen molar-refractivity contribution in [1.29, 1.82) is 0 Å². The van der Waals surface area contributed by atoms with Crippen molar-refractivity contribution in [3.05, 3.63) is 71.5 Å². The third-order valence-electron chi connectivity index (χ3n) is 5.49. The summed E-state index contributed by atoms with van der Waals surface area (Å²) in [5.41, 5.74) is 6.90. The second-order valence-electron chi connectivity index (χ2n) is 9.85. The Morgan fingerprint density at radius 2 is 1.40 bits per heavy atom. The lowest BCUT2D eigenvalue weighted by Crippen LogP contribution is -2.21. The first-order valence-corrected chi connectivity index (χ1v) is 13.6. The van der Waals surface area contributed by atoms with Gasteiger partial charge in [0.05, 0.1) is 19.3 Å². The van der Waals surface area contributed by atoms with Crippen LogP contribution in [-0.2, 0) is 16.1 Å². The lowest BCUT2D eigenvalue weighted by molar-refractivity contribution is -0.193. The summed E-state index contributed by atoms with van der Waals surface area (Å²) in [6.07, 6.45) is -10.4. The molecule has 0 saturated heterocycles. The van der Waals surface area contributed by atoms with Crippen LogP contribution in [0.25, 0.3) is 0 Å². The highest BCUT2D eigenvalue weighted by Crippen LogP contribution is 2.33. The number of alkyl halides is 6. The predicted molar refractivity (Wildman–Crippen MR) is 160 cm³/mol. The summed E-state index contributed by atoms with van der Waals surface area (Å²) in [4.78, 5) is 37.8. The van der Waals surface area contributed by atoms with Crippen molar-refractivity contribution >= 4 is 35.2 Å². The molecule has 0 fully saturated rings. The molecule has 0 saturated carbocycles. The van der Waals surface area contributed by atoms with Crippen molar-refractivity contribution in [2.45, 2.75) is 45.8 Å². The molecule has 1 amide bonds. The number of hydrogen-bond acceptors (Lipinski definition) is 8.